The lowest BCUT2D eigenvalue weighted by Gasteiger charge is -2.30. The highest BCUT2D eigenvalue weighted by Crippen LogP contribution is 2.41. The number of hydrogen-bond acceptors (Lipinski definition) is 3. The van der Waals surface area contributed by atoms with Crippen LogP contribution in [0.3, 0.4) is 0 Å². The van der Waals surface area contributed by atoms with E-state index in [2.05, 4.69) is 0 Å². The van der Waals surface area contributed by atoms with Gasteiger partial charge in [-0.25, -0.2) is 8.42 Å². The molecule has 0 aromatic heterocycles. The summed E-state index contributed by atoms with van der Waals surface area (Å²) in [6.07, 6.45) is 3.61. The van der Waals surface area contributed by atoms with Crippen molar-refractivity contribution in [2.45, 2.75) is 24.3 Å². The van der Waals surface area contributed by atoms with E-state index < -0.39 is 16.1 Å². The van der Waals surface area contributed by atoms with Crippen LogP contribution in [0.2, 0.25) is 0 Å². The van der Waals surface area contributed by atoms with Crippen molar-refractivity contribution in [3.8, 4) is 11.1 Å². The van der Waals surface area contributed by atoms with Gasteiger partial charge in [0.15, 0.2) is 0 Å². The van der Waals surface area contributed by atoms with Crippen LogP contribution in [0.5, 0.6) is 0 Å². The maximum atomic E-state index is 14.0. The minimum absolute atomic E-state index is 0.191. The van der Waals surface area contributed by atoms with Crippen LogP contribution in [-0.4, -0.2) is 39.4 Å². The van der Waals surface area contributed by atoms with Gasteiger partial charge in [0.25, 0.3) is 10.0 Å². The highest BCUT2D eigenvalue weighted by atomic mass is 32.2. The Morgan fingerprint density at radius 2 is 1.56 bits per heavy atom. The lowest BCUT2D eigenvalue weighted by atomic mass is 9.97. The van der Waals surface area contributed by atoms with Crippen molar-refractivity contribution in [1.29, 1.82) is 0 Å². The van der Waals surface area contributed by atoms with Gasteiger partial charge in [0.2, 0.25) is 5.91 Å². The first kappa shape index (κ1) is 21.8. The number of rotatable bonds is 4. The SMILES string of the molecule is Cc1ccc(S(=O)(=O)N2c3ccccc3-c3ccccc3C[C@@H]2/C=C/C(=O)N(C)C)cc1. The van der Waals surface area contributed by atoms with Crippen molar-refractivity contribution < 1.29 is 13.2 Å². The van der Waals surface area contributed by atoms with E-state index in [1.807, 2.05) is 55.5 Å². The van der Waals surface area contributed by atoms with E-state index in [-0.39, 0.29) is 10.8 Å². The Labute approximate surface area is 189 Å². The number of nitrogens with zero attached hydrogens (tertiary/aromatic N) is 2. The second-order valence-corrected chi connectivity index (χ2v) is 9.97. The fraction of sp³-hybridized carbons (Fsp3) is 0.192. The van der Waals surface area contributed by atoms with Crippen LogP contribution in [0.15, 0.2) is 89.8 Å². The van der Waals surface area contributed by atoms with Crippen LogP contribution in [0.25, 0.3) is 11.1 Å². The standard InChI is InChI=1S/C26H26N2O3S/c1-19-12-15-22(16-13-19)32(30,31)28-21(14-17-26(29)27(2)3)18-20-8-4-5-9-23(20)24-10-6-7-11-25(24)28/h4-17,21H,18H2,1-3H3/b17-14+/t21-/m0/s1. The van der Waals surface area contributed by atoms with Crippen LogP contribution < -0.4 is 4.31 Å². The van der Waals surface area contributed by atoms with Crippen molar-refractivity contribution >= 4 is 21.6 Å². The first-order chi connectivity index (χ1) is 15.3. The van der Waals surface area contributed by atoms with E-state index in [1.54, 1.807) is 44.4 Å². The van der Waals surface area contributed by atoms with Crippen LogP contribution in [0.1, 0.15) is 11.1 Å². The summed E-state index contributed by atoms with van der Waals surface area (Å²) in [4.78, 5) is 14.0. The Bertz CT molecular complexity index is 1280. The lowest BCUT2D eigenvalue weighted by molar-refractivity contribution is -0.123. The summed E-state index contributed by atoms with van der Waals surface area (Å²) in [6.45, 7) is 1.92. The van der Waals surface area contributed by atoms with E-state index >= 15 is 0 Å². The number of para-hydroxylation sites is 1. The number of carbonyl (C=O) groups is 1. The molecule has 1 atom stereocenters. The van der Waals surface area contributed by atoms with Gasteiger partial charge in [0, 0.05) is 25.7 Å². The van der Waals surface area contributed by atoms with Gasteiger partial charge in [-0.1, -0.05) is 66.2 Å². The van der Waals surface area contributed by atoms with Gasteiger partial charge in [-0.2, -0.15) is 0 Å². The van der Waals surface area contributed by atoms with Crippen LogP contribution in [0.4, 0.5) is 5.69 Å². The van der Waals surface area contributed by atoms with Gasteiger partial charge in [-0.05, 0) is 42.7 Å². The summed E-state index contributed by atoms with van der Waals surface area (Å²) in [6, 6.07) is 21.8. The zero-order chi connectivity index (χ0) is 22.9. The number of benzene rings is 3. The van der Waals surface area contributed by atoms with Crippen molar-refractivity contribution in [1.82, 2.24) is 4.90 Å². The molecule has 4 rings (SSSR count). The fourth-order valence-corrected chi connectivity index (χ4v) is 5.59. The highest BCUT2D eigenvalue weighted by Gasteiger charge is 2.35. The number of fused-ring (bicyclic) bond motifs is 3. The lowest BCUT2D eigenvalue weighted by Crippen LogP contribution is -2.40. The molecule has 1 amide bonds. The minimum Gasteiger partial charge on any atom is -0.345 e. The zero-order valence-electron chi connectivity index (χ0n) is 18.4. The molecule has 1 aliphatic heterocycles. The number of anilines is 1. The molecule has 0 aliphatic carbocycles. The Balaban J connectivity index is 1.94. The molecule has 0 bridgehead atoms. The summed E-state index contributed by atoms with van der Waals surface area (Å²) in [5.41, 5.74) is 4.48. The van der Waals surface area contributed by atoms with Gasteiger partial charge in [0.1, 0.15) is 0 Å². The zero-order valence-corrected chi connectivity index (χ0v) is 19.2. The molecule has 0 spiro atoms. The van der Waals surface area contributed by atoms with Gasteiger partial charge < -0.3 is 4.90 Å². The molecule has 1 aliphatic rings. The van der Waals surface area contributed by atoms with Gasteiger partial charge in [-0.3, -0.25) is 9.10 Å². The Kier molecular flexibility index (Phi) is 5.89. The summed E-state index contributed by atoms with van der Waals surface area (Å²) < 4.78 is 29.4. The monoisotopic (exact) mass is 446 g/mol. The number of carbonyl (C=O) groups excluding carboxylic acids is 1. The molecule has 3 aromatic rings. The fourth-order valence-electron chi connectivity index (χ4n) is 3.96. The molecule has 6 heteroatoms. The smallest absolute Gasteiger partial charge is 0.264 e. The average Bonchev–Trinajstić information content (AvgIpc) is 2.92. The maximum Gasteiger partial charge on any atom is 0.264 e. The predicted molar refractivity (Wildman–Crippen MR) is 128 cm³/mol. The summed E-state index contributed by atoms with van der Waals surface area (Å²) >= 11 is 0. The number of amides is 1. The molecule has 0 N–H and O–H groups in total. The molecule has 0 saturated heterocycles. The van der Waals surface area contributed by atoms with Crippen molar-refractivity contribution in [2.24, 2.45) is 0 Å². The predicted octanol–water partition coefficient (Wildman–Crippen LogP) is 4.43. The third-order valence-corrected chi connectivity index (χ3v) is 7.51. The molecule has 0 radical (unpaired) electrons. The Hall–Kier alpha value is -3.38. The Morgan fingerprint density at radius 1 is 0.938 bits per heavy atom. The number of hydrogen-bond donors (Lipinski definition) is 0. The molecule has 5 nitrogen and oxygen atoms in total. The average molecular weight is 447 g/mol. The number of aryl methyl sites for hydroxylation is 1. The quantitative estimate of drug-likeness (QED) is 0.557. The molecule has 1 heterocycles. The van der Waals surface area contributed by atoms with E-state index in [1.165, 1.54) is 15.3 Å². The molecule has 3 aromatic carbocycles. The molecule has 0 fully saturated rings. The summed E-state index contributed by atoms with van der Waals surface area (Å²) in [7, 11) is -0.550. The molecular weight excluding hydrogens is 420 g/mol. The highest BCUT2D eigenvalue weighted by molar-refractivity contribution is 7.92. The summed E-state index contributed by atoms with van der Waals surface area (Å²) in [5.74, 6) is -0.191. The first-order valence-electron chi connectivity index (χ1n) is 10.5. The van der Waals surface area contributed by atoms with Gasteiger partial charge in [0.05, 0.1) is 16.6 Å². The van der Waals surface area contributed by atoms with Crippen molar-refractivity contribution in [2.75, 3.05) is 18.4 Å². The van der Waals surface area contributed by atoms with Crippen molar-refractivity contribution in [3.05, 3.63) is 96.1 Å². The summed E-state index contributed by atoms with van der Waals surface area (Å²) in [5, 5.41) is 0. The molecule has 164 valence electrons. The van der Waals surface area contributed by atoms with E-state index in [0.29, 0.717) is 12.1 Å². The van der Waals surface area contributed by atoms with Crippen LogP contribution >= 0.6 is 0 Å². The third-order valence-electron chi connectivity index (χ3n) is 5.66. The third kappa shape index (κ3) is 4.06. The van der Waals surface area contributed by atoms with Gasteiger partial charge in [-0.15, -0.1) is 0 Å². The van der Waals surface area contributed by atoms with E-state index in [4.69, 9.17) is 0 Å². The molecule has 0 saturated carbocycles. The number of sulfonamides is 1. The van der Waals surface area contributed by atoms with Crippen LogP contribution in [0, 0.1) is 6.92 Å². The molecule has 32 heavy (non-hydrogen) atoms. The number of likely N-dealkylation sites (N-methyl/N-ethyl adjacent to an activating group) is 1. The topological polar surface area (TPSA) is 57.7 Å². The maximum absolute atomic E-state index is 14.0. The van der Waals surface area contributed by atoms with E-state index in [0.717, 1.165) is 22.3 Å². The molecule has 0 unspecified atom stereocenters. The minimum atomic E-state index is -3.89. The van der Waals surface area contributed by atoms with Gasteiger partial charge >= 0.3 is 0 Å². The van der Waals surface area contributed by atoms with Crippen LogP contribution in [-0.2, 0) is 21.2 Å². The van der Waals surface area contributed by atoms with Crippen molar-refractivity contribution in [3.63, 3.8) is 0 Å². The normalized spacial score (nSPS) is 15.7. The second kappa shape index (κ2) is 8.63. The first-order valence-corrected chi connectivity index (χ1v) is 11.9. The second-order valence-electron chi connectivity index (χ2n) is 8.15. The van der Waals surface area contributed by atoms with E-state index in [9.17, 15) is 13.2 Å². The molecular formula is C26H26N2O3S. The Morgan fingerprint density at radius 3 is 2.25 bits per heavy atom. The largest absolute Gasteiger partial charge is 0.345 e.